The molecule has 7 heteroatoms. The van der Waals surface area contributed by atoms with Crippen LogP contribution < -0.4 is 10.5 Å². The third kappa shape index (κ3) is 5.16. The van der Waals surface area contributed by atoms with Crippen LogP contribution in [0.15, 0.2) is 11.4 Å². The van der Waals surface area contributed by atoms with Crippen LogP contribution in [0, 0.1) is 11.8 Å². The molecule has 18 heavy (non-hydrogen) atoms. The van der Waals surface area contributed by atoms with Gasteiger partial charge in [0.2, 0.25) is 10.0 Å². The third-order valence-corrected chi connectivity index (χ3v) is 4.29. The van der Waals surface area contributed by atoms with E-state index >= 15 is 0 Å². The van der Waals surface area contributed by atoms with E-state index in [0.717, 1.165) is 10.4 Å². The fourth-order valence-corrected chi connectivity index (χ4v) is 2.93. The van der Waals surface area contributed by atoms with Gasteiger partial charge < -0.3 is 10.5 Å². The summed E-state index contributed by atoms with van der Waals surface area (Å²) in [5.74, 6) is 5.62. The van der Waals surface area contributed by atoms with Gasteiger partial charge in [-0.05, 0) is 11.4 Å². The van der Waals surface area contributed by atoms with E-state index in [9.17, 15) is 8.42 Å². The van der Waals surface area contributed by atoms with Gasteiger partial charge >= 0.3 is 0 Å². The van der Waals surface area contributed by atoms with Crippen LogP contribution in [0.1, 0.15) is 10.4 Å². The quantitative estimate of drug-likeness (QED) is 0.729. The molecule has 0 radical (unpaired) electrons. The predicted molar refractivity (Wildman–Crippen MR) is 72.8 cm³/mol. The van der Waals surface area contributed by atoms with Crippen molar-refractivity contribution in [3.8, 4) is 11.8 Å². The Morgan fingerprint density at radius 2 is 2.33 bits per heavy atom. The van der Waals surface area contributed by atoms with Crippen LogP contribution in [0.2, 0.25) is 0 Å². The number of thiophene rings is 1. The van der Waals surface area contributed by atoms with Gasteiger partial charge in [0.05, 0.1) is 18.9 Å². The molecule has 0 bridgehead atoms. The Balaban J connectivity index is 2.61. The second-order valence-electron chi connectivity index (χ2n) is 3.40. The number of ether oxygens (including phenoxy) is 1. The molecule has 1 aromatic rings. The minimum Gasteiger partial charge on any atom is -0.384 e. The Hall–Kier alpha value is -0.910. The Kier molecular flexibility index (Phi) is 6.32. The van der Waals surface area contributed by atoms with Crippen molar-refractivity contribution in [1.82, 2.24) is 4.72 Å². The highest BCUT2D eigenvalue weighted by atomic mass is 32.2. The first kappa shape index (κ1) is 15.1. The summed E-state index contributed by atoms with van der Waals surface area (Å²) in [5.41, 5.74) is 6.12. The molecule has 0 aliphatic carbocycles. The molecule has 1 aromatic heterocycles. The van der Waals surface area contributed by atoms with Crippen molar-refractivity contribution >= 4 is 21.4 Å². The molecule has 1 heterocycles. The second kappa shape index (κ2) is 7.51. The zero-order valence-electron chi connectivity index (χ0n) is 10.1. The maximum atomic E-state index is 11.6. The molecule has 0 saturated heterocycles. The van der Waals surface area contributed by atoms with Gasteiger partial charge in [0.1, 0.15) is 0 Å². The molecular formula is C11H16N2O3S2. The number of rotatable bonds is 6. The van der Waals surface area contributed by atoms with Crippen LogP contribution in [-0.2, 0) is 21.3 Å². The molecule has 100 valence electrons. The number of hydrogen-bond donors (Lipinski definition) is 2. The molecule has 5 nitrogen and oxygen atoms in total. The zero-order valence-corrected chi connectivity index (χ0v) is 11.7. The van der Waals surface area contributed by atoms with Crippen molar-refractivity contribution in [3.63, 3.8) is 0 Å². The van der Waals surface area contributed by atoms with Gasteiger partial charge in [-0.15, -0.1) is 11.3 Å². The molecule has 0 fully saturated rings. The van der Waals surface area contributed by atoms with Gasteiger partial charge in [-0.2, -0.15) is 0 Å². The van der Waals surface area contributed by atoms with Crippen molar-refractivity contribution in [2.45, 2.75) is 6.54 Å². The van der Waals surface area contributed by atoms with Crippen molar-refractivity contribution in [2.24, 2.45) is 5.73 Å². The number of nitrogens with one attached hydrogen (secondary N) is 1. The van der Waals surface area contributed by atoms with E-state index in [1.54, 1.807) is 0 Å². The van der Waals surface area contributed by atoms with Crippen LogP contribution >= 0.6 is 11.3 Å². The highest BCUT2D eigenvalue weighted by Crippen LogP contribution is 2.15. The summed E-state index contributed by atoms with van der Waals surface area (Å²) in [6, 6.07) is 1.85. The third-order valence-electron chi connectivity index (χ3n) is 2.08. The van der Waals surface area contributed by atoms with Crippen molar-refractivity contribution in [3.05, 3.63) is 21.9 Å². The Morgan fingerprint density at radius 3 is 3.00 bits per heavy atom. The first-order chi connectivity index (χ1) is 8.59. The van der Waals surface area contributed by atoms with E-state index in [1.807, 2.05) is 11.4 Å². The van der Waals surface area contributed by atoms with Crippen LogP contribution in [0.3, 0.4) is 0 Å². The molecule has 0 unspecified atom stereocenters. The summed E-state index contributed by atoms with van der Waals surface area (Å²) in [6.45, 7) is 0.715. The molecule has 0 aromatic carbocycles. The van der Waals surface area contributed by atoms with E-state index in [-0.39, 0.29) is 25.4 Å². The van der Waals surface area contributed by atoms with Crippen molar-refractivity contribution in [1.29, 1.82) is 0 Å². The van der Waals surface area contributed by atoms with Crippen LogP contribution in [0.5, 0.6) is 0 Å². The lowest BCUT2D eigenvalue weighted by Crippen LogP contribution is -2.27. The summed E-state index contributed by atoms with van der Waals surface area (Å²) < 4.78 is 30.4. The number of methoxy groups -OCH3 is 1. The smallest absolute Gasteiger partial charge is 0.214 e. The largest absolute Gasteiger partial charge is 0.384 e. The molecule has 0 aliphatic rings. The molecule has 0 amide bonds. The normalized spacial score (nSPS) is 11.0. The monoisotopic (exact) mass is 288 g/mol. The molecule has 0 spiro atoms. The molecule has 3 N–H and O–H groups in total. The van der Waals surface area contributed by atoms with Gasteiger partial charge in [0, 0.05) is 24.1 Å². The maximum Gasteiger partial charge on any atom is 0.214 e. The van der Waals surface area contributed by atoms with Crippen LogP contribution in [0.25, 0.3) is 0 Å². The molecular weight excluding hydrogens is 272 g/mol. The summed E-state index contributed by atoms with van der Waals surface area (Å²) in [7, 11) is -1.83. The Bertz CT molecular complexity index is 526. The van der Waals surface area contributed by atoms with Crippen molar-refractivity contribution < 1.29 is 13.2 Å². The average Bonchev–Trinajstić information content (AvgIpc) is 2.79. The highest BCUT2D eigenvalue weighted by molar-refractivity contribution is 7.89. The topological polar surface area (TPSA) is 81.4 Å². The summed E-state index contributed by atoms with van der Waals surface area (Å²) in [5, 5.41) is 1.87. The Labute approximate surface area is 111 Å². The average molecular weight is 288 g/mol. The number of nitrogens with two attached hydrogens (primary N) is 1. The van der Waals surface area contributed by atoms with Crippen molar-refractivity contribution in [2.75, 3.05) is 26.0 Å². The van der Waals surface area contributed by atoms with Gasteiger partial charge in [-0.3, -0.25) is 0 Å². The minimum atomic E-state index is -3.30. The highest BCUT2D eigenvalue weighted by Gasteiger charge is 2.11. The van der Waals surface area contributed by atoms with E-state index in [1.165, 1.54) is 18.4 Å². The van der Waals surface area contributed by atoms with E-state index in [2.05, 4.69) is 16.6 Å². The lowest BCUT2D eigenvalue weighted by molar-refractivity contribution is 0.217. The van der Waals surface area contributed by atoms with Crippen LogP contribution in [-0.4, -0.2) is 34.4 Å². The van der Waals surface area contributed by atoms with E-state index in [4.69, 9.17) is 10.5 Å². The lowest BCUT2D eigenvalue weighted by atomic mass is 10.2. The van der Waals surface area contributed by atoms with E-state index in [0.29, 0.717) is 0 Å². The molecule has 0 aliphatic heterocycles. The first-order valence-electron chi connectivity index (χ1n) is 5.30. The maximum absolute atomic E-state index is 11.6. The molecule has 0 atom stereocenters. The zero-order chi connectivity index (χ0) is 13.4. The summed E-state index contributed by atoms with van der Waals surface area (Å²) in [6.07, 6.45) is 0. The van der Waals surface area contributed by atoms with Gasteiger partial charge in [-0.25, -0.2) is 13.1 Å². The minimum absolute atomic E-state index is 0.0430. The lowest BCUT2D eigenvalue weighted by Gasteiger charge is -2.05. The molecule has 1 rings (SSSR count). The fourth-order valence-electron chi connectivity index (χ4n) is 1.18. The fraction of sp³-hybridized carbons (Fsp3) is 0.455. The number of sulfonamides is 1. The van der Waals surface area contributed by atoms with Gasteiger partial charge in [-0.1, -0.05) is 11.8 Å². The van der Waals surface area contributed by atoms with Gasteiger partial charge in [0.15, 0.2) is 0 Å². The standard InChI is InChI=1S/C11H16N2O3S2/c1-16-6-8-18(14,15)13-9-11-10(3-2-5-12)4-7-17-11/h4,7,13H,5-6,8-9,12H2,1H3. The predicted octanol–water partition coefficient (Wildman–Crippen LogP) is 0.124. The van der Waals surface area contributed by atoms with Gasteiger partial charge in [0.25, 0.3) is 0 Å². The SMILES string of the molecule is COCCS(=O)(=O)NCc1sccc1C#CCN. The second-order valence-corrected chi connectivity index (χ2v) is 6.32. The summed E-state index contributed by atoms with van der Waals surface area (Å²) in [4.78, 5) is 0.886. The first-order valence-corrected chi connectivity index (χ1v) is 7.84. The number of hydrogen-bond acceptors (Lipinski definition) is 5. The molecule has 0 saturated carbocycles. The Morgan fingerprint density at radius 1 is 1.56 bits per heavy atom. The van der Waals surface area contributed by atoms with Crippen LogP contribution in [0.4, 0.5) is 0 Å². The van der Waals surface area contributed by atoms with E-state index < -0.39 is 10.0 Å². The summed E-state index contributed by atoms with van der Waals surface area (Å²) >= 11 is 1.46.